The molecule has 0 bridgehead atoms. The van der Waals surface area contributed by atoms with Crippen molar-refractivity contribution in [1.29, 1.82) is 0 Å². The largest absolute Gasteiger partial charge is 0.385 e. The van der Waals surface area contributed by atoms with Crippen LogP contribution < -0.4 is 0 Å². The van der Waals surface area contributed by atoms with Crippen LogP contribution in [0.4, 0.5) is 0 Å². The highest BCUT2D eigenvalue weighted by Gasteiger charge is 2.34. The lowest BCUT2D eigenvalue weighted by Crippen LogP contribution is -2.31. The minimum atomic E-state index is -3.91. The van der Waals surface area contributed by atoms with E-state index in [0.717, 1.165) is 17.3 Å². The standard InChI is InChI=1S/C20H20N2O4S2/c1-26-14-8-13-22-19(23)18(15-16-9-4-2-5-10-16)27-20(22)21-28(24,25)17-11-6-3-7-12-17/h2-7,9-12,15H,8,13-14H2,1H3/b18-15-,21-20+. The Morgan fingerprint density at radius 1 is 1.07 bits per heavy atom. The zero-order chi connectivity index (χ0) is 20.0. The highest BCUT2D eigenvalue weighted by Crippen LogP contribution is 2.33. The summed E-state index contributed by atoms with van der Waals surface area (Å²) in [5.41, 5.74) is 0.863. The molecule has 28 heavy (non-hydrogen) atoms. The van der Waals surface area contributed by atoms with Gasteiger partial charge < -0.3 is 4.74 Å². The van der Waals surface area contributed by atoms with E-state index in [2.05, 4.69) is 4.40 Å². The molecule has 0 atom stereocenters. The summed E-state index contributed by atoms with van der Waals surface area (Å²) < 4.78 is 34.3. The molecular weight excluding hydrogens is 396 g/mol. The molecule has 1 aliphatic rings. The highest BCUT2D eigenvalue weighted by atomic mass is 32.2. The third kappa shape index (κ3) is 4.89. The van der Waals surface area contributed by atoms with Crippen LogP contribution in [0.1, 0.15) is 12.0 Å². The van der Waals surface area contributed by atoms with Crippen LogP contribution in [0.5, 0.6) is 0 Å². The molecule has 0 spiro atoms. The highest BCUT2D eigenvalue weighted by molar-refractivity contribution is 8.19. The summed E-state index contributed by atoms with van der Waals surface area (Å²) in [7, 11) is -2.33. The Hall–Kier alpha value is -2.42. The van der Waals surface area contributed by atoms with Crippen LogP contribution in [-0.4, -0.2) is 44.7 Å². The monoisotopic (exact) mass is 416 g/mol. The van der Waals surface area contributed by atoms with E-state index >= 15 is 0 Å². The molecule has 146 valence electrons. The Labute approximate surface area is 169 Å². The van der Waals surface area contributed by atoms with E-state index in [0.29, 0.717) is 24.5 Å². The summed E-state index contributed by atoms with van der Waals surface area (Å²) in [6.07, 6.45) is 2.32. The maximum absolute atomic E-state index is 12.9. The average molecular weight is 417 g/mol. The van der Waals surface area contributed by atoms with Gasteiger partial charge in [-0.25, -0.2) is 0 Å². The van der Waals surface area contributed by atoms with Gasteiger partial charge >= 0.3 is 0 Å². The number of thioether (sulfide) groups is 1. The number of hydrogen-bond donors (Lipinski definition) is 0. The second-order valence-electron chi connectivity index (χ2n) is 5.99. The van der Waals surface area contributed by atoms with Crippen LogP contribution >= 0.6 is 11.8 Å². The number of amides is 1. The smallest absolute Gasteiger partial charge is 0.284 e. The van der Waals surface area contributed by atoms with Gasteiger partial charge in [-0.1, -0.05) is 48.5 Å². The van der Waals surface area contributed by atoms with Gasteiger partial charge in [-0.2, -0.15) is 8.42 Å². The van der Waals surface area contributed by atoms with Gasteiger partial charge in [0.05, 0.1) is 9.80 Å². The number of carbonyl (C=O) groups is 1. The summed E-state index contributed by atoms with van der Waals surface area (Å²) in [6.45, 7) is 0.792. The van der Waals surface area contributed by atoms with E-state index in [-0.39, 0.29) is 16.0 Å². The third-order valence-electron chi connectivity index (χ3n) is 3.95. The van der Waals surface area contributed by atoms with E-state index in [1.165, 1.54) is 17.0 Å². The van der Waals surface area contributed by atoms with Crippen LogP contribution in [-0.2, 0) is 19.6 Å². The number of rotatable bonds is 7. The summed E-state index contributed by atoms with van der Waals surface area (Å²) in [5.74, 6) is -0.257. The first-order valence-electron chi connectivity index (χ1n) is 8.67. The van der Waals surface area contributed by atoms with Crippen molar-refractivity contribution < 1.29 is 17.9 Å². The average Bonchev–Trinajstić information content (AvgIpc) is 2.98. The van der Waals surface area contributed by atoms with Crippen LogP contribution in [0.15, 0.2) is 74.9 Å². The van der Waals surface area contributed by atoms with Crippen molar-refractivity contribution in [2.45, 2.75) is 11.3 Å². The predicted octanol–water partition coefficient (Wildman–Crippen LogP) is 3.38. The lowest BCUT2D eigenvalue weighted by Gasteiger charge is -2.15. The molecule has 0 aromatic heterocycles. The molecule has 2 aromatic rings. The number of sulfonamides is 1. The maximum Gasteiger partial charge on any atom is 0.284 e. The Morgan fingerprint density at radius 2 is 1.71 bits per heavy atom. The summed E-state index contributed by atoms with van der Waals surface area (Å²) in [6, 6.07) is 17.4. The van der Waals surface area contributed by atoms with E-state index in [4.69, 9.17) is 4.74 Å². The topological polar surface area (TPSA) is 76.0 Å². The van der Waals surface area contributed by atoms with Gasteiger partial charge in [0.15, 0.2) is 5.17 Å². The molecule has 1 heterocycles. The normalized spacial score (nSPS) is 17.6. The maximum atomic E-state index is 12.9. The fourth-order valence-corrected chi connectivity index (χ4v) is 4.82. The summed E-state index contributed by atoms with van der Waals surface area (Å²) in [4.78, 5) is 14.8. The van der Waals surface area contributed by atoms with Crippen molar-refractivity contribution in [3.05, 3.63) is 71.1 Å². The molecule has 0 radical (unpaired) electrons. The van der Waals surface area contributed by atoms with Crippen molar-refractivity contribution in [3.8, 4) is 0 Å². The van der Waals surface area contributed by atoms with E-state index < -0.39 is 10.0 Å². The third-order valence-corrected chi connectivity index (χ3v) is 6.36. The second kappa shape index (κ2) is 9.18. The van der Waals surface area contributed by atoms with Crippen molar-refractivity contribution >= 4 is 38.9 Å². The first-order chi connectivity index (χ1) is 13.5. The first kappa shape index (κ1) is 20.3. The molecule has 0 saturated carbocycles. The summed E-state index contributed by atoms with van der Waals surface area (Å²) >= 11 is 1.07. The van der Waals surface area contributed by atoms with E-state index in [1.54, 1.807) is 31.4 Å². The van der Waals surface area contributed by atoms with Crippen LogP contribution in [0.2, 0.25) is 0 Å². The van der Waals surface area contributed by atoms with Crippen LogP contribution in [0, 0.1) is 0 Å². The molecule has 0 aliphatic carbocycles. The minimum absolute atomic E-state index is 0.0906. The molecule has 3 rings (SSSR count). The lowest BCUT2D eigenvalue weighted by atomic mass is 10.2. The van der Waals surface area contributed by atoms with Crippen molar-refractivity contribution in [3.63, 3.8) is 0 Å². The first-order valence-corrected chi connectivity index (χ1v) is 10.9. The SMILES string of the molecule is COCCCN1C(=O)/C(=C/c2ccccc2)S/C1=N/S(=O)(=O)c1ccccc1. The number of hydrogen-bond acceptors (Lipinski definition) is 5. The van der Waals surface area contributed by atoms with Gasteiger partial charge in [0.1, 0.15) is 0 Å². The zero-order valence-corrected chi connectivity index (χ0v) is 16.9. The Kier molecular flexibility index (Phi) is 6.66. The van der Waals surface area contributed by atoms with Gasteiger partial charge in [0.25, 0.3) is 15.9 Å². The van der Waals surface area contributed by atoms with E-state index in [1.807, 2.05) is 30.3 Å². The second-order valence-corrected chi connectivity index (χ2v) is 8.60. The van der Waals surface area contributed by atoms with Gasteiger partial charge in [0, 0.05) is 20.3 Å². The molecule has 0 N–H and O–H groups in total. The van der Waals surface area contributed by atoms with Crippen LogP contribution in [0.25, 0.3) is 6.08 Å². The fourth-order valence-electron chi connectivity index (χ4n) is 2.59. The van der Waals surface area contributed by atoms with Crippen LogP contribution in [0.3, 0.4) is 0 Å². The molecule has 2 aromatic carbocycles. The number of nitrogens with zero attached hydrogens (tertiary/aromatic N) is 2. The fraction of sp³-hybridized carbons (Fsp3) is 0.200. The molecule has 1 fully saturated rings. The van der Waals surface area contributed by atoms with Crippen molar-refractivity contribution in [2.75, 3.05) is 20.3 Å². The van der Waals surface area contributed by atoms with Crippen molar-refractivity contribution in [2.24, 2.45) is 4.40 Å². The predicted molar refractivity (Wildman–Crippen MR) is 111 cm³/mol. The Bertz CT molecular complexity index is 987. The molecule has 6 nitrogen and oxygen atoms in total. The lowest BCUT2D eigenvalue weighted by molar-refractivity contribution is -0.122. The number of amidine groups is 1. The van der Waals surface area contributed by atoms with Crippen molar-refractivity contribution in [1.82, 2.24) is 4.90 Å². The number of ether oxygens (including phenoxy) is 1. The van der Waals surface area contributed by atoms with Gasteiger partial charge in [-0.05, 0) is 42.0 Å². The Balaban J connectivity index is 1.95. The van der Waals surface area contributed by atoms with Gasteiger partial charge in [0.2, 0.25) is 0 Å². The molecule has 1 saturated heterocycles. The summed E-state index contributed by atoms with van der Waals surface area (Å²) in [5, 5.41) is 0.159. The van der Waals surface area contributed by atoms with Gasteiger partial charge in [-0.3, -0.25) is 9.69 Å². The number of methoxy groups -OCH3 is 1. The van der Waals surface area contributed by atoms with E-state index in [9.17, 15) is 13.2 Å². The molecule has 0 unspecified atom stereocenters. The quantitative estimate of drug-likeness (QED) is 0.511. The minimum Gasteiger partial charge on any atom is -0.385 e. The number of carbonyl (C=O) groups excluding carboxylic acids is 1. The Morgan fingerprint density at radius 3 is 2.36 bits per heavy atom. The molecule has 8 heteroatoms. The molecule has 1 aliphatic heterocycles. The molecule has 1 amide bonds. The number of benzene rings is 2. The molecular formula is C20H20N2O4S2. The zero-order valence-electron chi connectivity index (χ0n) is 15.3. The van der Waals surface area contributed by atoms with Gasteiger partial charge in [-0.15, -0.1) is 4.40 Å².